The van der Waals surface area contributed by atoms with Crippen molar-refractivity contribution < 1.29 is 118 Å². The summed E-state index contributed by atoms with van der Waals surface area (Å²) in [5.74, 6) is -7.92. The van der Waals surface area contributed by atoms with Gasteiger partial charge in [-0.15, -0.1) is 0 Å². The van der Waals surface area contributed by atoms with Crippen LogP contribution < -0.4 is 26.0 Å². The van der Waals surface area contributed by atoms with Crippen LogP contribution in [0.25, 0.3) is 0 Å². The minimum atomic E-state index is -1.53. The zero-order valence-corrected chi connectivity index (χ0v) is 57.7. The highest BCUT2D eigenvalue weighted by Gasteiger charge is 2.58. The Morgan fingerprint density at radius 3 is 1.75 bits per heavy atom. The number of ketones is 2. The number of allylic oxidation sites excluding steroid dienone is 1. The van der Waals surface area contributed by atoms with Crippen molar-refractivity contribution >= 4 is 65.2 Å². The Bertz CT molecular complexity index is 3780. The second-order valence-corrected chi connectivity index (χ2v) is 25.9. The second-order valence-electron chi connectivity index (χ2n) is 25.9. The van der Waals surface area contributed by atoms with E-state index >= 15 is 0 Å². The molecule has 0 bridgehead atoms. The summed E-state index contributed by atoms with van der Waals surface area (Å²) in [6.45, 7) is 0.626. The molecule has 13 N–H and O–H groups in total. The molecule has 0 saturated carbocycles. The van der Waals surface area contributed by atoms with Crippen LogP contribution in [0.2, 0.25) is 0 Å². The number of ether oxygens (including phenoxy) is 4. The zero-order chi connectivity index (χ0) is 75.3. The number of hydrogen-bond acceptors (Lipinski definition) is 21. The quantitative estimate of drug-likeness (QED) is 0.0179. The van der Waals surface area contributed by atoms with Gasteiger partial charge in [0.2, 0.25) is 11.8 Å². The number of benzene rings is 4. The Hall–Kier alpha value is -10.4. The van der Waals surface area contributed by atoms with Gasteiger partial charge in [0.1, 0.15) is 58.5 Å². The lowest BCUT2D eigenvalue weighted by Crippen LogP contribution is -2.51. The zero-order valence-electron chi connectivity index (χ0n) is 57.7. The summed E-state index contributed by atoms with van der Waals surface area (Å²) < 4.78 is 23.6. The van der Waals surface area contributed by atoms with Crippen LogP contribution >= 0.6 is 0 Å². The van der Waals surface area contributed by atoms with E-state index in [1.807, 2.05) is 0 Å². The van der Waals surface area contributed by atoms with E-state index in [1.54, 1.807) is 54.6 Å². The molecule has 0 fully saturated rings. The third-order valence-corrected chi connectivity index (χ3v) is 17.9. The van der Waals surface area contributed by atoms with Crippen molar-refractivity contribution in [2.45, 2.75) is 152 Å². The molecule has 2 aliphatic heterocycles. The molecule has 30 nitrogen and oxygen atoms in total. The maximum atomic E-state index is 13.5. The number of carbonyl (C=O) groups is 11. The van der Waals surface area contributed by atoms with Crippen molar-refractivity contribution in [1.29, 1.82) is 0 Å². The Morgan fingerprint density at radius 2 is 1.12 bits per heavy atom. The number of carboxylic acids is 5. The topological polar surface area (TPSA) is 461 Å². The predicted molar refractivity (Wildman–Crippen MR) is 371 cm³/mol. The number of esters is 1. The molecule has 5 atom stereocenters. The third-order valence-electron chi connectivity index (χ3n) is 17.9. The molecule has 4 amide bonds. The number of unbranched alkanes of at least 4 members (excludes halogenated alkanes) is 4. The summed E-state index contributed by atoms with van der Waals surface area (Å²) in [4.78, 5) is 138. The van der Waals surface area contributed by atoms with Crippen LogP contribution in [0.5, 0.6) is 23.0 Å². The first-order valence-corrected chi connectivity index (χ1v) is 34.7. The molecule has 1 spiro atoms. The number of Topliss-reactive ketones (excluding diaryl/α,β-unsaturated/α-hetero) is 2. The van der Waals surface area contributed by atoms with E-state index in [4.69, 9.17) is 24.1 Å². The van der Waals surface area contributed by atoms with Gasteiger partial charge < -0.3 is 86.2 Å². The number of carbonyl (C=O) groups excluding carboxylic acids is 6. The van der Waals surface area contributed by atoms with Crippen molar-refractivity contribution in [2.24, 2.45) is 5.92 Å². The molecule has 0 saturated heterocycles. The van der Waals surface area contributed by atoms with Crippen LogP contribution in [-0.2, 0) is 95.3 Å². The van der Waals surface area contributed by atoms with Gasteiger partial charge in [-0.25, -0.2) is 19.2 Å². The van der Waals surface area contributed by atoms with E-state index in [2.05, 4.69) is 21.3 Å². The molecule has 3 aliphatic rings. The van der Waals surface area contributed by atoms with Gasteiger partial charge in [0.25, 0.3) is 0 Å². The molecule has 4 aromatic rings. The summed E-state index contributed by atoms with van der Waals surface area (Å²) in [5.41, 5.74) is 3.03. The molecule has 0 aromatic heterocycles. The number of fused-ring (bicyclic) bond motifs is 6. The molecule has 2 heterocycles. The van der Waals surface area contributed by atoms with Crippen LogP contribution in [0, 0.1) is 5.92 Å². The number of nitrogens with zero attached hydrogens (tertiary/aromatic N) is 2. The lowest BCUT2D eigenvalue weighted by Gasteiger charge is -2.44. The maximum Gasteiger partial charge on any atom is 0.339 e. The molecule has 562 valence electrons. The molecule has 7 rings (SSSR count). The van der Waals surface area contributed by atoms with Gasteiger partial charge >= 0.3 is 41.8 Å². The van der Waals surface area contributed by atoms with E-state index in [0.29, 0.717) is 116 Å². The number of hydrogen-bond donors (Lipinski definition) is 13. The van der Waals surface area contributed by atoms with Gasteiger partial charge in [0.15, 0.2) is 5.60 Å². The Labute approximate surface area is 600 Å². The molecular formula is C74H92N6O24. The second kappa shape index (κ2) is 40.4. The molecule has 1 aliphatic carbocycles. The van der Waals surface area contributed by atoms with Crippen LogP contribution in [0.4, 0.5) is 4.79 Å². The van der Waals surface area contributed by atoms with Gasteiger partial charge in [-0.2, -0.15) is 0 Å². The lowest BCUT2D eigenvalue weighted by atomic mass is 9.70. The summed E-state index contributed by atoms with van der Waals surface area (Å²) in [6, 6.07) is 15.5. The molecule has 5 unspecified atom stereocenters. The molecule has 0 radical (unpaired) electrons. The third kappa shape index (κ3) is 25.5. The highest BCUT2D eigenvalue weighted by Crippen LogP contribution is 2.56. The average Bonchev–Trinajstić information content (AvgIpc) is 1.49. The average molecular weight is 1450 g/mol. The SMILES string of the molecule is O=C(O)CCC(NC(=O)NC(CCCCNC(=O)CCCCCCC(=O)CCc1ccc(O)c(CN(CCN(CC(=O)O)Cc2cc(CCC(=O)NCCOCCOCCCC(=O)Cc3ccc4c(c3)C(=O)OC43c4ccc(O)cc4OC4C=C(O)C=CC43)ccc2O)CC(=O)O)c1)C(=O)O)C(=O)O. The number of aliphatic hydroxyl groups excluding tert-OH is 1. The fourth-order valence-electron chi connectivity index (χ4n) is 12.6. The normalized spacial score (nSPS) is 16.1. The lowest BCUT2D eigenvalue weighted by molar-refractivity contribution is -0.141. The number of urea groups is 1. The van der Waals surface area contributed by atoms with Crippen LogP contribution in [0.3, 0.4) is 0 Å². The maximum absolute atomic E-state index is 13.5. The summed E-state index contributed by atoms with van der Waals surface area (Å²) in [5, 5.41) is 99.2. The Balaban J connectivity index is 0.736. The minimum absolute atomic E-state index is 0.0000413. The number of phenols is 3. The first-order chi connectivity index (χ1) is 49.8. The smallest absolute Gasteiger partial charge is 0.339 e. The van der Waals surface area contributed by atoms with Crippen molar-refractivity contribution in [1.82, 2.24) is 31.1 Å². The van der Waals surface area contributed by atoms with Crippen LogP contribution in [0.1, 0.15) is 146 Å². The van der Waals surface area contributed by atoms with Crippen molar-refractivity contribution in [3.63, 3.8) is 0 Å². The van der Waals surface area contributed by atoms with Crippen molar-refractivity contribution in [3.05, 3.63) is 141 Å². The number of aliphatic carboxylic acids is 5. The van der Waals surface area contributed by atoms with E-state index < -0.39 is 97.5 Å². The first-order valence-electron chi connectivity index (χ1n) is 34.7. The highest BCUT2D eigenvalue weighted by molar-refractivity contribution is 5.97. The Morgan fingerprint density at radius 1 is 0.538 bits per heavy atom. The fourth-order valence-corrected chi connectivity index (χ4v) is 12.6. The van der Waals surface area contributed by atoms with Crippen LogP contribution in [-0.4, -0.2) is 205 Å². The molecule has 30 heteroatoms. The van der Waals surface area contributed by atoms with Crippen molar-refractivity contribution in [2.75, 3.05) is 65.7 Å². The molecular weight excluding hydrogens is 1360 g/mol. The van der Waals surface area contributed by atoms with Gasteiger partial charge in [-0.3, -0.25) is 43.4 Å². The van der Waals surface area contributed by atoms with E-state index in [-0.39, 0.29) is 144 Å². The number of aromatic hydroxyl groups is 3. The standard InChI is InChI=1S/C74H92N6O24/c81-51(8-3-1-2-4-11-65(87)75-28-6-5-10-59(70(95)96)77-73(100)78-60(71(97)98)23-27-67(89)90)17-12-46-14-24-61(85)49(36-46)42-79(44-68(91)92)30-31-80(45-69(93)94)43-50-37-47(15-25-62(50)86)16-26-66(88)76-29-33-102-35-34-101-32-7-9-52(82)38-48-13-20-56-55(39-48)72(99)104-74(56)57-21-18-53(83)40-63(57)103-64-41-54(84)19-22-58(64)74/h13-15,18-22,24-25,36-37,39-41,57,59-60,63,83-86H,1-12,16-17,23,26-35,38,42-45H2,(H,75,87)(H,76,88)(H,89,90)(H,91,92)(H,93,94)(H,95,96)(H,97,98)(H2,77,78,100). The molecule has 104 heavy (non-hydrogen) atoms. The van der Waals surface area contributed by atoms with Gasteiger partial charge in [0, 0.05) is 119 Å². The number of rotatable bonds is 48. The highest BCUT2D eigenvalue weighted by atomic mass is 16.6. The van der Waals surface area contributed by atoms with Gasteiger partial charge in [-0.1, -0.05) is 55.3 Å². The number of phenolic OH excluding ortho intramolecular Hbond substituents is 3. The predicted octanol–water partition coefficient (Wildman–Crippen LogP) is 5.95. The first kappa shape index (κ1) is 80.9. The fraction of sp³-hybridized carbons (Fsp3) is 0.473. The van der Waals surface area contributed by atoms with Gasteiger partial charge in [-0.05, 0) is 117 Å². The summed E-state index contributed by atoms with van der Waals surface area (Å²) in [7, 11) is 0. The Kier molecular flexibility index (Phi) is 31.4. The summed E-state index contributed by atoms with van der Waals surface area (Å²) in [6.07, 6.45) is 8.74. The van der Waals surface area contributed by atoms with Crippen LogP contribution in [0.15, 0.2) is 96.8 Å². The van der Waals surface area contributed by atoms with E-state index in [0.717, 1.165) is 5.56 Å². The van der Waals surface area contributed by atoms with Crippen molar-refractivity contribution in [3.8, 4) is 23.0 Å². The minimum Gasteiger partial charge on any atom is -0.508 e. The number of aliphatic hydroxyl groups is 1. The van der Waals surface area contributed by atoms with Gasteiger partial charge in [0.05, 0.1) is 44.4 Å². The number of amides is 4. The summed E-state index contributed by atoms with van der Waals surface area (Å²) >= 11 is 0. The van der Waals surface area contributed by atoms with E-state index in [9.17, 15) is 93.6 Å². The van der Waals surface area contributed by atoms with E-state index in [1.165, 1.54) is 46.2 Å². The molecule has 4 aromatic carbocycles. The largest absolute Gasteiger partial charge is 0.508 e. The number of nitrogens with one attached hydrogen (secondary N) is 4. The number of carboxylic acid groups (broad SMARTS) is 5. The number of aryl methyl sites for hydroxylation is 2. The monoisotopic (exact) mass is 1450 g/mol.